The Morgan fingerprint density at radius 3 is 2.71 bits per heavy atom. The smallest absolute Gasteiger partial charge is 0.257 e. The first-order valence-electron chi connectivity index (χ1n) is 6.74. The normalized spacial score (nSPS) is 15.0. The van der Waals surface area contributed by atoms with E-state index >= 15 is 0 Å². The maximum atomic E-state index is 12.1. The van der Waals surface area contributed by atoms with Gasteiger partial charge in [-0.15, -0.1) is 0 Å². The number of hydrogen-bond donors (Lipinski definition) is 3. The van der Waals surface area contributed by atoms with Crippen molar-refractivity contribution in [1.82, 2.24) is 0 Å². The fourth-order valence-electron chi connectivity index (χ4n) is 2.43. The standard InChI is InChI=1S/C17H16N2O2/c1-10-6-7-12(8-15(10)20)18-9-13-16-11(2)4-3-5-14(16)19-17(13)21/h3-9,18,20H,1-2H3,(H,19,21)/b13-9+. The van der Waals surface area contributed by atoms with E-state index in [-0.39, 0.29) is 11.7 Å². The van der Waals surface area contributed by atoms with E-state index in [9.17, 15) is 9.90 Å². The molecule has 4 heteroatoms. The van der Waals surface area contributed by atoms with E-state index in [1.165, 1.54) is 0 Å². The van der Waals surface area contributed by atoms with Gasteiger partial charge in [0.25, 0.3) is 5.91 Å². The summed E-state index contributed by atoms with van der Waals surface area (Å²) in [4.78, 5) is 12.1. The number of amides is 1. The highest BCUT2D eigenvalue weighted by Crippen LogP contribution is 2.34. The van der Waals surface area contributed by atoms with Crippen molar-refractivity contribution >= 4 is 22.9 Å². The summed E-state index contributed by atoms with van der Waals surface area (Å²) in [6.45, 7) is 3.81. The number of carbonyl (C=O) groups excluding carboxylic acids is 1. The minimum atomic E-state index is -0.122. The average Bonchev–Trinajstić information content (AvgIpc) is 2.77. The van der Waals surface area contributed by atoms with Crippen LogP contribution in [0.4, 0.5) is 11.4 Å². The van der Waals surface area contributed by atoms with E-state index < -0.39 is 0 Å². The van der Waals surface area contributed by atoms with Gasteiger partial charge >= 0.3 is 0 Å². The third-order valence-corrected chi connectivity index (χ3v) is 3.63. The number of aromatic hydroxyl groups is 1. The molecule has 1 aliphatic heterocycles. The molecule has 0 bridgehead atoms. The number of carbonyl (C=O) groups is 1. The molecule has 1 amide bonds. The van der Waals surface area contributed by atoms with Gasteiger partial charge in [-0.1, -0.05) is 18.2 Å². The van der Waals surface area contributed by atoms with Crippen LogP contribution in [0.25, 0.3) is 5.57 Å². The predicted molar refractivity (Wildman–Crippen MR) is 84.3 cm³/mol. The number of benzene rings is 2. The lowest BCUT2D eigenvalue weighted by Crippen LogP contribution is -2.05. The molecule has 0 spiro atoms. The summed E-state index contributed by atoms with van der Waals surface area (Å²) in [5.74, 6) is 0.106. The molecule has 1 heterocycles. The summed E-state index contributed by atoms with van der Waals surface area (Å²) in [7, 11) is 0. The molecular weight excluding hydrogens is 264 g/mol. The van der Waals surface area contributed by atoms with Gasteiger partial charge in [0.05, 0.1) is 5.57 Å². The van der Waals surface area contributed by atoms with Crippen molar-refractivity contribution < 1.29 is 9.90 Å². The topological polar surface area (TPSA) is 61.4 Å². The second kappa shape index (κ2) is 4.98. The Labute approximate surface area is 123 Å². The Morgan fingerprint density at radius 1 is 1.14 bits per heavy atom. The van der Waals surface area contributed by atoms with Crippen molar-refractivity contribution in [3.63, 3.8) is 0 Å². The Balaban J connectivity index is 1.94. The lowest BCUT2D eigenvalue weighted by Gasteiger charge is -2.06. The zero-order chi connectivity index (χ0) is 15.0. The van der Waals surface area contributed by atoms with E-state index in [1.807, 2.05) is 44.2 Å². The molecule has 2 aromatic rings. The molecule has 0 unspecified atom stereocenters. The van der Waals surface area contributed by atoms with E-state index in [1.54, 1.807) is 12.3 Å². The number of nitrogens with one attached hydrogen (secondary N) is 2. The minimum absolute atomic E-state index is 0.122. The minimum Gasteiger partial charge on any atom is -0.508 e. The van der Waals surface area contributed by atoms with Crippen molar-refractivity contribution in [2.75, 3.05) is 10.6 Å². The molecule has 106 valence electrons. The SMILES string of the molecule is Cc1ccc(N/C=C2/C(=O)Nc3cccc(C)c32)cc1O. The van der Waals surface area contributed by atoms with Crippen LogP contribution in [-0.2, 0) is 4.79 Å². The lowest BCUT2D eigenvalue weighted by atomic mass is 10.0. The monoisotopic (exact) mass is 280 g/mol. The van der Waals surface area contributed by atoms with Crippen LogP contribution in [0.3, 0.4) is 0 Å². The number of anilines is 2. The summed E-state index contributed by atoms with van der Waals surface area (Å²) in [6, 6.07) is 11.1. The van der Waals surface area contributed by atoms with Crippen molar-refractivity contribution in [1.29, 1.82) is 0 Å². The van der Waals surface area contributed by atoms with Crippen molar-refractivity contribution in [2.24, 2.45) is 0 Å². The molecule has 0 radical (unpaired) electrons. The molecule has 21 heavy (non-hydrogen) atoms. The van der Waals surface area contributed by atoms with Crippen LogP contribution in [0.5, 0.6) is 5.75 Å². The van der Waals surface area contributed by atoms with Gasteiger partial charge in [-0.25, -0.2) is 0 Å². The molecule has 3 N–H and O–H groups in total. The number of rotatable bonds is 2. The third-order valence-electron chi connectivity index (χ3n) is 3.63. The second-order valence-electron chi connectivity index (χ2n) is 5.16. The van der Waals surface area contributed by atoms with Crippen LogP contribution in [0.2, 0.25) is 0 Å². The van der Waals surface area contributed by atoms with Crippen LogP contribution in [-0.4, -0.2) is 11.0 Å². The number of fused-ring (bicyclic) bond motifs is 1. The van der Waals surface area contributed by atoms with Gasteiger partial charge in [-0.2, -0.15) is 0 Å². The van der Waals surface area contributed by atoms with Crippen molar-refractivity contribution in [3.8, 4) is 5.75 Å². The molecule has 4 nitrogen and oxygen atoms in total. The van der Waals surface area contributed by atoms with Crippen LogP contribution in [0.1, 0.15) is 16.7 Å². The molecule has 2 aromatic carbocycles. The van der Waals surface area contributed by atoms with Gasteiger partial charge in [-0.05, 0) is 37.1 Å². The van der Waals surface area contributed by atoms with Crippen molar-refractivity contribution in [2.45, 2.75) is 13.8 Å². The number of phenols is 1. The van der Waals surface area contributed by atoms with E-state index in [0.717, 1.165) is 28.1 Å². The third kappa shape index (κ3) is 2.36. The zero-order valence-corrected chi connectivity index (χ0v) is 11.9. The summed E-state index contributed by atoms with van der Waals surface area (Å²) < 4.78 is 0. The molecule has 0 aromatic heterocycles. The average molecular weight is 280 g/mol. The van der Waals surface area contributed by atoms with Crippen molar-refractivity contribution in [3.05, 3.63) is 59.3 Å². The summed E-state index contributed by atoms with van der Waals surface area (Å²) in [5.41, 5.74) is 4.95. The molecule has 3 rings (SSSR count). The van der Waals surface area contributed by atoms with Gasteiger partial charge in [0, 0.05) is 29.2 Å². The second-order valence-corrected chi connectivity index (χ2v) is 5.16. The Morgan fingerprint density at radius 2 is 1.95 bits per heavy atom. The largest absolute Gasteiger partial charge is 0.508 e. The quantitative estimate of drug-likeness (QED) is 0.739. The molecule has 1 aliphatic rings. The zero-order valence-electron chi connectivity index (χ0n) is 11.9. The molecule has 0 fully saturated rings. The van der Waals surface area contributed by atoms with Crippen LogP contribution >= 0.6 is 0 Å². The highest BCUT2D eigenvalue weighted by molar-refractivity contribution is 6.32. The van der Waals surface area contributed by atoms with Crippen LogP contribution in [0.15, 0.2) is 42.6 Å². The number of phenolic OH excluding ortho intramolecular Hbond substituents is 1. The van der Waals surface area contributed by atoms with Crippen LogP contribution < -0.4 is 10.6 Å². The van der Waals surface area contributed by atoms with Gasteiger partial charge in [0.1, 0.15) is 5.75 Å². The first-order valence-corrected chi connectivity index (χ1v) is 6.74. The summed E-state index contributed by atoms with van der Waals surface area (Å²) in [6.07, 6.45) is 1.68. The molecular formula is C17H16N2O2. The molecule has 0 atom stereocenters. The Bertz CT molecular complexity index is 763. The highest BCUT2D eigenvalue weighted by Gasteiger charge is 2.25. The van der Waals surface area contributed by atoms with Gasteiger partial charge in [0.15, 0.2) is 0 Å². The van der Waals surface area contributed by atoms with Gasteiger partial charge in [-0.3, -0.25) is 4.79 Å². The van der Waals surface area contributed by atoms with E-state index in [0.29, 0.717) is 5.57 Å². The fourth-order valence-corrected chi connectivity index (χ4v) is 2.43. The summed E-state index contributed by atoms with van der Waals surface area (Å²) in [5, 5.41) is 15.6. The first kappa shape index (κ1) is 13.2. The Kier molecular flexibility index (Phi) is 3.14. The summed E-state index contributed by atoms with van der Waals surface area (Å²) >= 11 is 0. The maximum Gasteiger partial charge on any atom is 0.257 e. The molecule has 0 saturated carbocycles. The lowest BCUT2D eigenvalue weighted by molar-refractivity contribution is -0.110. The molecule has 0 saturated heterocycles. The highest BCUT2D eigenvalue weighted by atomic mass is 16.3. The maximum absolute atomic E-state index is 12.1. The first-order chi connectivity index (χ1) is 10.1. The fraction of sp³-hybridized carbons (Fsp3) is 0.118. The van der Waals surface area contributed by atoms with Crippen LogP contribution in [0, 0.1) is 13.8 Å². The van der Waals surface area contributed by atoms with E-state index in [4.69, 9.17) is 0 Å². The van der Waals surface area contributed by atoms with Gasteiger partial charge in [0.2, 0.25) is 0 Å². The van der Waals surface area contributed by atoms with E-state index in [2.05, 4.69) is 10.6 Å². The predicted octanol–water partition coefficient (Wildman–Crippen LogP) is 3.41. The number of aryl methyl sites for hydroxylation is 2. The molecule has 0 aliphatic carbocycles. The Hall–Kier alpha value is -2.75. The van der Waals surface area contributed by atoms with Gasteiger partial charge < -0.3 is 15.7 Å². The number of hydrogen-bond acceptors (Lipinski definition) is 3.